The highest BCUT2D eigenvalue weighted by Crippen LogP contribution is 2.68. The smallest absolute Gasteiger partial charge is 0.311 e. The topological polar surface area (TPSA) is 93.1 Å². The van der Waals surface area contributed by atoms with Gasteiger partial charge in [-0.15, -0.1) is 0 Å². The molecule has 9 unspecified atom stereocenters. The summed E-state index contributed by atoms with van der Waals surface area (Å²) in [7, 11) is 0. The van der Waals surface area contributed by atoms with Crippen LogP contribution in [0.15, 0.2) is 0 Å². The van der Waals surface area contributed by atoms with Crippen molar-refractivity contribution in [1.29, 1.82) is 0 Å². The van der Waals surface area contributed by atoms with Gasteiger partial charge in [0.15, 0.2) is 0 Å². The molecule has 5 fully saturated rings. The Balaban J connectivity index is 1.25. The molecule has 0 aliphatic heterocycles. The van der Waals surface area contributed by atoms with Crippen molar-refractivity contribution in [3.8, 4) is 0 Å². The Bertz CT molecular complexity index is 1020. The summed E-state index contributed by atoms with van der Waals surface area (Å²) in [5.74, 6) is 1.99. The van der Waals surface area contributed by atoms with Crippen molar-refractivity contribution in [2.75, 3.05) is 0 Å². The molecule has 5 rings (SSSR count). The molecule has 0 heterocycles. The third kappa shape index (κ3) is 5.59. The lowest BCUT2D eigenvalue weighted by atomic mass is 9.43. The maximum Gasteiger partial charge on any atom is 0.311 e. The van der Waals surface area contributed by atoms with Crippen LogP contribution in [0, 0.1) is 57.7 Å². The molecule has 42 heavy (non-hydrogen) atoms. The van der Waals surface area contributed by atoms with Crippen molar-refractivity contribution >= 4 is 11.9 Å². The second-order valence-electron chi connectivity index (χ2n) is 17.0. The molecular formula is C36H60O6. The van der Waals surface area contributed by atoms with Crippen molar-refractivity contribution in [2.24, 2.45) is 57.7 Å². The van der Waals surface area contributed by atoms with Crippen LogP contribution in [0.3, 0.4) is 0 Å². The summed E-state index contributed by atoms with van der Waals surface area (Å²) in [4.78, 5) is 25.6. The lowest BCUT2D eigenvalue weighted by Crippen LogP contribution is -2.62. The summed E-state index contributed by atoms with van der Waals surface area (Å²) in [5.41, 5.74) is -1.05. The lowest BCUT2D eigenvalue weighted by molar-refractivity contribution is -0.210. The number of rotatable bonds is 9. The molecule has 11 atom stereocenters. The van der Waals surface area contributed by atoms with E-state index in [9.17, 15) is 19.8 Å². The molecule has 0 bridgehead atoms. The molecule has 6 heteroatoms. The van der Waals surface area contributed by atoms with Crippen molar-refractivity contribution < 1.29 is 29.3 Å². The quantitative estimate of drug-likeness (QED) is 0.280. The summed E-state index contributed by atoms with van der Waals surface area (Å²) in [5, 5.41) is 23.7. The van der Waals surface area contributed by atoms with Crippen LogP contribution in [0.5, 0.6) is 0 Å². The van der Waals surface area contributed by atoms with Gasteiger partial charge < -0.3 is 19.7 Å². The van der Waals surface area contributed by atoms with Gasteiger partial charge in [0.1, 0.15) is 11.7 Å². The van der Waals surface area contributed by atoms with E-state index >= 15 is 0 Å². The van der Waals surface area contributed by atoms with Gasteiger partial charge in [-0.3, -0.25) is 9.59 Å². The van der Waals surface area contributed by atoms with Crippen molar-refractivity contribution in [1.82, 2.24) is 0 Å². The summed E-state index contributed by atoms with van der Waals surface area (Å²) >= 11 is 0. The number of carbonyl (C=O) groups excluding carboxylic acids is 2. The van der Waals surface area contributed by atoms with Gasteiger partial charge in [-0.2, -0.15) is 0 Å². The predicted molar refractivity (Wildman–Crippen MR) is 163 cm³/mol. The summed E-state index contributed by atoms with van der Waals surface area (Å²) in [6.07, 6.45) is 9.60. The molecule has 0 radical (unpaired) electrons. The molecular weight excluding hydrogens is 528 g/mol. The van der Waals surface area contributed by atoms with E-state index in [0.29, 0.717) is 30.1 Å². The fourth-order valence-corrected chi connectivity index (χ4v) is 10.4. The second kappa shape index (κ2) is 11.3. The first-order valence-electron chi connectivity index (χ1n) is 17.3. The van der Waals surface area contributed by atoms with Crippen molar-refractivity contribution in [2.45, 2.75) is 156 Å². The van der Waals surface area contributed by atoms with E-state index in [0.717, 1.165) is 70.6 Å². The van der Waals surface area contributed by atoms with Gasteiger partial charge in [-0.1, -0.05) is 27.7 Å². The highest BCUT2D eigenvalue weighted by Gasteiger charge is 2.66. The maximum absolute atomic E-state index is 12.8. The molecule has 0 aromatic carbocycles. The van der Waals surface area contributed by atoms with Gasteiger partial charge in [0.05, 0.1) is 17.6 Å². The highest BCUT2D eigenvalue weighted by molar-refractivity contribution is 5.76. The molecule has 5 aliphatic carbocycles. The SMILES string of the molecule is CCC(C)(C)C(=O)OC1CC[C@@]2(C)C(C1)CC(O)C1C2CC(O)[C@]2(C)C(C(C)CCC(=O)OC(C)(C)C3CC3)CCC12. The first-order chi connectivity index (χ1) is 19.5. The zero-order valence-corrected chi connectivity index (χ0v) is 27.8. The van der Waals surface area contributed by atoms with E-state index < -0.39 is 11.5 Å². The minimum Gasteiger partial charge on any atom is -0.462 e. The number of ether oxygens (including phenoxy) is 2. The van der Waals surface area contributed by atoms with Crippen molar-refractivity contribution in [3.05, 3.63) is 0 Å². The Morgan fingerprint density at radius 2 is 1.64 bits per heavy atom. The van der Waals surface area contributed by atoms with Crippen molar-refractivity contribution in [3.63, 3.8) is 0 Å². The van der Waals surface area contributed by atoms with Crippen LogP contribution in [0.25, 0.3) is 0 Å². The average molecular weight is 589 g/mol. The zero-order valence-electron chi connectivity index (χ0n) is 27.8. The Morgan fingerprint density at radius 1 is 0.952 bits per heavy atom. The Kier molecular flexibility index (Phi) is 8.71. The van der Waals surface area contributed by atoms with E-state index in [2.05, 4.69) is 20.8 Å². The summed E-state index contributed by atoms with van der Waals surface area (Å²) in [6.45, 7) is 16.9. The van der Waals surface area contributed by atoms with Gasteiger partial charge >= 0.3 is 11.9 Å². The van der Waals surface area contributed by atoms with E-state index in [4.69, 9.17) is 9.47 Å². The second-order valence-corrected chi connectivity index (χ2v) is 17.0. The fourth-order valence-electron chi connectivity index (χ4n) is 10.4. The minimum absolute atomic E-state index is 0.0389. The van der Waals surface area contributed by atoms with E-state index in [1.54, 1.807) is 0 Å². The fraction of sp³-hybridized carbons (Fsp3) is 0.944. The number of esters is 2. The van der Waals surface area contributed by atoms with E-state index in [1.165, 1.54) is 0 Å². The number of carbonyl (C=O) groups is 2. The minimum atomic E-state index is -0.473. The third-order valence-corrected chi connectivity index (χ3v) is 14.0. The largest absolute Gasteiger partial charge is 0.462 e. The van der Waals surface area contributed by atoms with Crippen LogP contribution in [-0.2, 0) is 19.1 Å². The number of aliphatic hydroxyl groups excluding tert-OH is 2. The van der Waals surface area contributed by atoms with E-state index in [-0.39, 0.29) is 58.3 Å². The molecule has 6 nitrogen and oxygen atoms in total. The number of fused-ring (bicyclic) bond motifs is 5. The zero-order chi connectivity index (χ0) is 30.8. The molecule has 0 spiro atoms. The molecule has 5 saturated carbocycles. The molecule has 240 valence electrons. The lowest BCUT2D eigenvalue weighted by Gasteiger charge is -2.63. The Morgan fingerprint density at radius 3 is 2.29 bits per heavy atom. The Hall–Kier alpha value is -1.14. The van der Waals surface area contributed by atoms with Gasteiger partial charge in [-0.25, -0.2) is 0 Å². The first-order valence-corrected chi connectivity index (χ1v) is 17.3. The molecule has 0 aromatic heterocycles. The van der Waals surface area contributed by atoms with Gasteiger partial charge in [0, 0.05) is 6.42 Å². The number of hydrogen-bond donors (Lipinski definition) is 2. The number of hydrogen-bond acceptors (Lipinski definition) is 6. The third-order valence-electron chi connectivity index (χ3n) is 14.0. The molecule has 2 N–H and O–H groups in total. The maximum atomic E-state index is 12.8. The summed E-state index contributed by atoms with van der Waals surface area (Å²) < 4.78 is 11.9. The highest BCUT2D eigenvalue weighted by atomic mass is 16.6. The van der Waals surface area contributed by atoms with Crippen LogP contribution in [0.2, 0.25) is 0 Å². The summed E-state index contributed by atoms with van der Waals surface area (Å²) in [6, 6.07) is 0. The molecule has 0 aromatic rings. The van der Waals surface area contributed by atoms with Gasteiger partial charge in [0.25, 0.3) is 0 Å². The van der Waals surface area contributed by atoms with Crippen LogP contribution in [0.4, 0.5) is 0 Å². The normalized spacial score (nSPS) is 42.6. The van der Waals surface area contributed by atoms with Crippen LogP contribution in [-0.4, -0.2) is 46.1 Å². The molecule has 0 amide bonds. The molecule has 0 saturated heterocycles. The monoisotopic (exact) mass is 588 g/mol. The van der Waals surface area contributed by atoms with E-state index in [1.807, 2.05) is 34.6 Å². The Labute approximate surface area is 255 Å². The average Bonchev–Trinajstić information content (AvgIpc) is 3.72. The first kappa shape index (κ1) is 32.3. The standard InChI is InChI=1S/C36H60O6/c1-9-33(3,4)32(40)41-24-16-17-35(7)23(18-24)19-28(37)31-26-14-13-25(36(26,8)29(38)20-27(31)35)21(2)10-15-30(39)42-34(5,6)22-11-12-22/h21-29,31,37-38H,9-20H2,1-8H3/t21?,23?,24?,25?,26?,27?,28?,29?,31?,35-,36+/m0/s1. The van der Waals surface area contributed by atoms with Crippen LogP contribution < -0.4 is 0 Å². The van der Waals surface area contributed by atoms with Crippen LogP contribution >= 0.6 is 0 Å². The predicted octanol–water partition coefficient (Wildman–Crippen LogP) is 7.08. The molecule has 5 aliphatic rings. The number of aliphatic hydroxyl groups is 2. The van der Waals surface area contributed by atoms with Gasteiger partial charge in [-0.05, 0) is 151 Å². The van der Waals surface area contributed by atoms with Crippen LogP contribution in [0.1, 0.15) is 132 Å². The van der Waals surface area contributed by atoms with Gasteiger partial charge in [0.2, 0.25) is 0 Å².